The van der Waals surface area contributed by atoms with Crippen molar-refractivity contribution in [3.8, 4) is 5.75 Å². The van der Waals surface area contributed by atoms with E-state index in [9.17, 15) is 4.57 Å². The van der Waals surface area contributed by atoms with E-state index in [-0.39, 0.29) is 12.2 Å². The zero-order valence-electron chi connectivity index (χ0n) is 14.9. The molecule has 0 aliphatic heterocycles. The van der Waals surface area contributed by atoms with Crippen LogP contribution in [0.3, 0.4) is 0 Å². The van der Waals surface area contributed by atoms with Gasteiger partial charge < -0.3 is 4.52 Å². The molecule has 0 bridgehead atoms. The van der Waals surface area contributed by atoms with Gasteiger partial charge in [-0.3, -0.25) is 9.05 Å². The fourth-order valence-electron chi connectivity index (χ4n) is 2.35. The number of hydrogen-bond donors (Lipinski definition) is 0. The lowest BCUT2D eigenvalue weighted by Crippen LogP contribution is -2.18. The summed E-state index contributed by atoms with van der Waals surface area (Å²) in [5.74, 6) is 0.508. The standard InChI is InChI=1S/C18H31O4P/c1-5-12-16(7-3)20-23(19,21-17(8-4)13-6-2)22-18-14-10-9-11-15-18/h9-11,14-17H,5-8,12-13H2,1-4H3. The summed E-state index contributed by atoms with van der Waals surface area (Å²) in [4.78, 5) is 0. The Morgan fingerprint density at radius 3 is 1.74 bits per heavy atom. The average Bonchev–Trinajstić information content (AvgIpc) is 2.54. The van der Waals surface area contributed by atoms with Gasteiger partial charge in [0.05, 0.1) is 12.2 Å². The van der Waals surface area contributed by atoms with Crippen molar-refractivity contribution in [1.82, 2.24) is 0 Å². The summed E-state index contributed by atoms with van der Waals surface area (Å²) in [6.45, 7) is 8.22. The molecule has 5 heteroatoms. The van der Waals surface area contributed by atoms with Gasteiger partial charge in [-0.1, -0.05) is 58.7 Å². The largest absolute Gasteiger partial charge is 0.530 e. The Bertz CT molecular complexity index is 443. The van der Waals surface area contributed by atoms with Crippen LogP contribution in [-0.2, 0) is 13.6 Å². The zero-order valence-corrected chi connectivity index (χ0v) is 15.8. The maximum absolute atomic E-state index is 13.2. The van der Waals surface area contributed by atoms with Gasteiger partial charge in [0.2, 0.25) is 0 Å². The third kappa shape index (κ3) is 7.52. The second kappa shape index (κ2) is 10.9. The predicted molar refractivity (Wildman–Crippen MR) is 94.8 cm³/mol. The predicted octanol–water partition coefficient (Wildman–Crippen LogP) is 6.36. The maximum atomic E-state index is 13.2. The van der Waals surface area contributed by atoms with E-state index in [1.807, 2.05) is 32.0 Å². The fourth-order valence-corrected chi connectivity index (χ4v) is 4.11. The molecule has 2 atom stereocenters. The highest BCUT2D eigenvalue weighted by Gasteiger charge is 2.34. The Labute approximate surface area is 141 Å². The van der Waals surface area contributed by atoms with E-state index >= 15 is 0 Å². The molecule has 23 heavy (non-hydrogen) atoms. The molecule has 1 aromatic rings. The van der Waals surface area contributed by atoms with E-state index in [4.69, 9.17) is 13.6 Å². The molecule has 132 valence electrons. The molecule has 0 saturated heterocycles. The van der Waals surface area contributed by atoms with Crippen molar-refractivity contribution in [2.75, 3.05) is 0 Å². The molecule has 0 aliphatic rings. The van der Waals surface area contributed by atoms with E-state index < -0.39 is 7.82 Å². The Hall–Kier alpha value is -0.830. The third-order valence-corrected chi connectivity index (χ3v) is 5.20. The fraction of sp³-hybridized carbons (Fsp3) is 0.667. The second-order valence-electron chi connectivity index (χ2n) is 5.70. The van der Waals surface area contributed by atoms with Crippen LogP contribution in [-0.4, -0.2) is 12.2 Å². The van der Waals surface area contributed by atoms with Crippen LogP contribution in [0.2, 0.25) is 0 Å². The van der Waals surface area contributed by atoms with E-state index in [0.29, 0.717) is 5.75 Å². The van der Waals surface area contributed by atoms with Gasteiger partial charge in [-0.05, 0) is 37.8 Å². The van der Waals surface area contributed by atoms with E-state index in [2.05, 4.69) is 13.8 Å². The molecule has 0 saturated carbocycles. The number of para-hydroxylation sites is 1. The molecule has 0 radical (unpaired) electrons. The topological polar surface area (TPSA) is 44.8 Å². The van der Waals surface area contributed by atoms with Crippen LogP contribution in [0, 0.1) is 0 Å². The molecule has 0 spiro atoms. The first-order valence-electron chi connectivity index (χ1n) is 8.78. The highest BCUT2D eigenvalue weighted by atomic mass is 31.2. The van der Waals surface area contributed by atoms with Crippen molar-refractivity contribution in [1.29, 1.82) is 0 Å². The summed E-state index contributed by atoms with van der Waals surface area (Å²) in [5, 5.41) is 0. The van der Waals surface area contributed by atoms with Crippen molar-refractivity contribution in [2.24, 2.45) is 0 Å². The van der Waals surface area contributed by atoms with Crippen LogP contribution in [0.25, 0.3) is 0 Å². The molecule has 0 aromatic heterocycles. The molecule has 1 rings (SSSR count). The third-order valence-electron chi connectivity index (χ3n) is 3.65. The summed E-state index contributed by atoms with van der Waals surface area (Å²) in [6.07, 6.45) is 4.95. The summed E-state index contributed by atoms with van der Waals surface area (Å²) in [5.41, 5.74) is 0. The van der Waals surface area contributed by atoms with Crippen LogP contribution in [0.5, 0.6) is 5.75 Å². The summed E-state index contributed by atoms with van der Waals surface area (Å²) >= 11 is 0. The van der Waals surface area contributed by atoms with Gasteiger partial charge in [0.1, 0.15) is 5.75 Å². The van der Waals surface area contributed by atoms with Crippen molar-refractivity contribution in [3.63, 3.8) is 0 Å². The molecule has 4 nitrogen and oxygen atoms in total. The Morgan fingerprint density at radius 1 is 0.870 bits per heavy atom. The summed E-state index contributed by atoms with van der Waals surface area (Å²) in [7, 11) is -3.65. The minimum atomic E-state index is -3.65. The normalized spacial score (nSPS) is 16.5. The van der Waals surface area contributed by atoms with E-state index in [1.54, 1.807) is 12.1 Å². The van der Waals surface area contributed by atoms with Gasteiger partial charge in [-0.15, -0.1) is 0 Å². The lowest BCUT2D eigenvalue weighted by atomic mass is 10.2. The molecule has 0 fully saturated rings. The second-order valence-corrected chi connectivity index (χ2v) is 7.20. The Morgan fingerprint density at radius 2 is 1.35 bits per heavy atom. The smallest absolute Gasteiger partial charge is 0.404 e. The molecule has 0 heterocycles. The Balaban J connectivity index is 2.90. The van der Waals surface area contributed by atoms with Crippen LogP contribution < -0.4 is 4.52 Å². The van der Waals surface area contributed by atoms with Gasteiger partial charge in [-0.2, -0.15) is 0 Å². The van der Waals surface area contributed by atoms with Crippen LogP contribution in [0.1, 0.15) is 66.2 Å². The highest BCUT2D eigenvalue weighted by Crippen LogP contribution is 2.53. The first-order chi connectivity index (χ1) is 11.1. The summed E-state index contributed by atoms with van der Waals surface area (Å²) < 4.78 is 30.5. The lowest BCUT2D eigenvalue weighted by Gasteiger charge is -2.26. The molecule has 1 aromatic carbocycles. The average molecular weight is 342 g/mol. The minimum absolute atomic E-state index is 0.117. The molecule has 2 unspecified atom stereocenters. The van der Waals surface area contributed by atoms with Crippen LogP contribution in [0.4, 0.5) is 0 Å². The SMILES string of the molecule is CCCC(CC)OP(=O)(Oc1ccccc1)OC(CC)CCC. The Kier molecular flexibility index (Phi) is 9.54. The van der Waals surface area contributed by atoms with Gasteiger partial charge in [-0.25, -0.2) is 4.57 Å². The van der Waals surface area contributed by atoms with Crippen molar-refractivity contribution < 1.29 is 18.1 Å². The highest BCUT2D eigenvalue weighted by molar-refractivity contribution is 7.49. The number of hydrogen-bond acceptors (Lipinski definition) is 4. The minimum Gasteiger partial charge on any atom is -0.404 e. The number of rotatable bonds is 12. The molecular formula is C18H31O4P. The first-order valence-corrected chi connectivity index (χ1v) is 10.2. The number of benzene rings is 1. The molecule has 0 aliphatic carbocycles. The van der Waals surface area contributed by atoms with Crippen LogP contribution >= 0.6 is 7.82 Å². The monoisotopic (exact) mass is 342 g/mol. The van der Waals surface area contributed by atoms with Gasteiger partial charge in [0.25, 0.3) is 0 Å². The molecule has 0 amide bonds. The van der Waals surface area contributed by atoms with Gasteiger partial charge in [0, 0.05) is 0 Å². The van der Waals surface area contributed by atoms with Crippen molar-refractivity contribution in [3.05, 3.63) is 30.3 Å². The lowest BCUT2D eigenvalue weighted by molar-refractivity contribution is 0.0684. The number of phosphoric ester groups is 1. The van der Waals surface area contributed by atoms with Crippen molar-refractivity contribution in [2.45, 2.75) is 78.4 Å². The van der Waals surface area contributed by atoms with Gasteiger partial charge >= 0.3 is 7.82 Å². The zero-order chi connectivity index (χ0) is 17.1. The number of phosphoric acid groups is 1. The van der Waals surface area contributed by atoms with E-state index in [1.165, 1.54) is 0 Å². The molecule has 0 N–H and O–H groups in total. The maximum Gasteiger partial charge on any atom is 0.530 e. The first kappa shape index (κ1) is 20.2. The van der Waals surface area contributed by atoms with Gasteiger partial charge in [0.15, 0.2) is 0 Å². The quantitative estimate of drug-likeness (QED) is 0.414. The van der Waals surface area contributed by atoms with E-state index in [0.717, 1.165) is 38.5 Å². The van der Waals surface area contributed by atoms with Crippen molar-refractivity contribution >= 4 is 7.82 Å². The van der Waals surface area contributed by atoms with Crippen LogP contribution in [0.15, 0.2) is 30.3 Å². The molecular weight excluding hydrogens is 311 g/mol. The summed E-state index contributed by atoms with van der Waals surface area (Å²) in [6, 6.07) is 9.10.